The molecule has 2 aromatic rings. The largest absolute Gasteiger partial charge is 0.421 e. The van der Waals surface area contributed by atoms with Crippen LogP contribution in [0.2, 0.25) is 0 Å². The number of nitrogens with one attached hydrogen (secondary N) is 1. The van der Waals surface area contributed by atoms with Crippen LogP contribution in [0.1, 0.15) is 25.0 Å². The summed E-state index contributed by atoms with van der Waals surface area (Å²) < 4.78 is 21.1. The Hall–Kier alpha value is -3.56. The van der Waals surface area contributed by atoms with Crippen LogP contribution >= 0.6 is 0 Å². The summed E-state index contributed by atoms with van der Waals surface area (Å²) in [7, 11) is 0. The van der Waals surface area contributed by atoms with Crippen LogP contribution in [-0.4, -0.2) is 65.3 Å². The highest BCUT2D eigenvalue weighted by atomic mass is 19.1. The lowest BCUT2D eigenvalue weighted by Gasteiger charge is -2.34. The lowest BCUT2D eigenvalue weighted by atomic mass is 10.1. The first kappa shape index (κ1) is 23.2. The van der Waals surface area contributed by atoms with Gasteiger partial charge in [0.1, 0.15) is 17.5 Å². The summed E-state index contributed by atoms with van der Waals surface area (Å²) in [4.78, 5) is 17.7. The van der Waals surface area contributed by atoms with Gasteiger partial charge >= 0.3 is 6.01 Å². The molecule has 0 unspecified atom stereocenters. The minimum Gasteiger partial charge on any atom is -0.421 e. The molecular weight excluding hydrogens is 447 g/mol. The van der Waals surface area contributed by atoms with Gasteiger partial charge in [0.25, 0.3) is 0 Å². The van der Waals surface area contributed by atoms with Crippen LogP contribution in [0.25, 0.3) is 6.08 Å². The van der Waals surface area contributed by atoms with Gasteiger partial charge in [-0.2, -0.15) is 9.97 Å². The Bertz CT molecular complexity index is 1240. The molecule has 5 rings (SSSR count). The van der Waals surface area contributed by atoms with E-state index in [1.54, 1.807) is 6.07 Å². The summed E-state index contributed by atoms with van der Waals surface area (Å²) in [6, 6.07) is 5.43. The number of aliphatic hydroxyl groups excluding tert-OH is 1. The zero-order valence-electron chi connectivity index (χ0n) is 20.0. The molecule has 0 spiro atoms. The molecule has 0 atom stereocenters. The lowest BCUT2D eigenvalue weighted by molar-refractivity contribution is 0.102. The van der Waals surface area contributed by atoms with E-state index in [9.17, 15) is 5.11 Å². The van der Waals surface area contributed by atoms with Crippen molar-refractivity contribution in [3.8, 4) is 11.8 Å². The molecule has 2 N–H and O–H groups in total. The van der Waals surface area contributed by atoms with Gasteiger partial charge in [0.2, 0.25) is 0 Å². The predicted molar refractivity (Wildman–Crippen MR) is 136 cm³/mol. The Morgan fingerprint density at radius 3 is 2.77 bits per heavy atom. The number of hydrogen-bond acceptors (Lipinski definition) is 8. The molecule has 1 fully saturated rings. The van der Waals surface area contributed by atoms with E-state index in [0.717, 1.165) is 23.1 Å². The van der Waals surface area contributed by atoms with E-state index >= 15 is 4.39 Å². The Morgan fingerprint density at radius 2 is 2.00 bits per heavy atom. The number of halogens is 1. The highest BCUT2D eigenvalue weighted by molar-refractivity contribution is 6.05. The van der Waals surface area contributed by atoms with E-state index in [-0.39, 0.29) is 18.5 Å². The normalized spacial score (nSPS) is 17.9. The van der Waals surface area contributed by atoms with Gasteiger partial charge in [-0.15, -0.1) is 0 Å². The van der Waals surface area contributed by atoms with E-state index in [2.05, 4.69) is 25.2 Å². The average molecular weight is 477 g/mol. The van der Waals surface area contributed by atoms with Crippen molar-refractivity contribution in [2.24, 2.45) is 4.99 Å². The summed E-state index contributed by atoms with van der Waals surface area (Å²) in [6.45, 7) is 7.41. The Morgan fingerprint density at radius 1 is 1.17 bits per heavy atom. The lowest BCUT2D eigenvalue weighted by Crippen LogP contribution is -2.46. The van der Waals surface area contributed by atoms with E-state index in [1.807, 2.05) is 55.2 Å². The number of rotatable bonds is 6. The average Bonchev–Trinajstić information content (AvgIpc) is 3.47. The van der Waals surface area contributed by atoms with Gasteiger partial charge in [-0.25, -0.2) is 4.39 Å². The molecule has 0 bridgehead atoms. The molecular formula is C26H29FN6O2. The minimum absolute atomic E-state index is 0.0327. The SMILES string of the molecule is C/C=C/C1=CC(Nc2cc(N3CCN(CO)CC3)nc(Oc3ccc4c(c3F)C=C(C)C4)n2)=NC1. The molecule has 0 amide bonds. The van der Waals surface area contributed by atoms with Crippen LogP contribution in [0, 0.1) is 5.82 Å². The highest BCUT2D eigenvalue weighted by Crippen LogP contribution is 2.34. The number of allylic oxidation sites excluding steroid dienone is 2. The third-order valence-corrected chi connectivity index (χ3v) is 6.28. The maximum atomic E-state index is 15.2. The van der Waals surface area contributed by atoms with Crippen LogP contribution in [0.5, 0.6) is 11.8 Å². The van der Waals surface area contributed by atoms with Gasteiger partial charge in [0.15, 0.2) is 11.6 Å². The first-order valence-corrected chi connectivity index (χ1v) is 11.8. The number of hydrogen-bond donors (Lipinski definition) is 2. The second-order valence-corrected chi connectivity index (χ2v) is 8.91. The Labute approximate surface area is 204 Å². The maximum absolute atomic E-state index is 15.2. The molecule has 2 aliphatic heterocycles. The molecule has 9 heteroatoms. The molecule has 1 saturated heterocycles. The fourth-order valence-corrected chi connectivity index (χ4v) is 4.47. The number of nitrogens with zero attached hydrogens (tertiary/aromatic N) is 5. The van der Waals surface area contributed by atoms with Crippen molar-refractivity contribution >= 4 is 23.5 Å². The van der Waals surface area contributed by atoms with Crippen molar-refractivity contribution in [2.75, 3.05) is 49.7 Å². The van der Waals surface area contributed by atoms with Gasteiger partial charge in [0.05, 0.1) is 13.3 Å². The van der Waals surface area contributed by atoms with Crippen LogP contribution in [-0.2, 0) is 6.42 Å². The molecule has 35 heavy (non-hydrogen) atoms. The number of amidine groups is 1. The van der Waals surface area contributed by atoms with Gasteiger partial charge < -0.3 is 20.1 Å². The van der Waals surface area contributed by atoms with Crippen LogP contribution in [0.15, 0.2) is 52.6 Å². The number of fused-ring (bicyclic) bond motifs is 1. The number of aromatic nitrogens is 2. The standard InChI is InChI=1S/C26H29FN6O2/c1-3-4-18-13-22(28-15-18)29-23-14-24(33-9-7-32(16-34)8-10-33)31-26(30-23)35-21-6-5-19-11-17(2)12-20(19)25(21)27/h3-6,12-14,34H,7-11,15-16H2,1-2H3,(H,28,29,30,31)/b4-3+. The number of aliphatic imine (C=N–C) groups is 1. The van der Waals surface area contributed by atoms with Crippen molar-refractivity contribution in [1.82, 2.24) is 14.9 Å². The molecule has 8 nitrogen and oxygen atoms in total. The molecule has 3 aliphatic rings. The van der Waals surface area contributed by atoms with Gasteiger partial charge in [-0.1, -0.05) is 29.9 Å². The fourth-order valence-electron chi connectivity index (χ4n) is 4.47. The van der Waals surface area contributed by atoms with Crippen molar-refractivity contribution in [3.63, 3.8) is 0 Å². The second kappa shape index (κ2) is 9.97. The van der Waals surface area contributed by atoms with Crippen LogP contribution in [0.3, 0.4) is 0 Å². The smallest absolute Gasteiger partial charge is 0.326 e. The van der Waals surface area contributed by atoms with E-state index in [1.165, 1.54) is 0 Å². The number of ether oxygens (including phenoxy) is 1. The van der Waals surface area contributed by atoms with Crippen molar-refractivity contribution in [2.45, 2.75) is 20.3 Å². The summed E-state index contributed by atoms with van der Waals surface area (Å²) in [5.41, 5.74) is 3.74. The van der Waals surface area contributed by atoms with Gasteiger partial charge in [0, 0.05) is 37.8 Å². The van der Waals surface area contributed by atoms with Crippen molar-refractivity contribution in [3.05, 3.63) is 64.5 Å². The molecule has 1 aliphatic carbocycles. The summed E-state index contributed by atoms with van der Waals surface area (Å²) in [5.74, 6) is 1.57. The molecule has 0 saturated carbocycles. The highest BCUT2D eigenvalue weighted by Gasteiger charge is 2.22. The monoisotopic (exact) mass is 476 g/mol. The topological polar surface area (TPSA) is 86.1 Å². The minimum atomic E-state index is -0.404. The first-order chi connectivity index (χ1) is 17.0. The molecule has 3 heterocycles. The number of aliphatic hydroxyl groups is 1. The summed E-state index contributed by atoms with van der Waals surface area (Å²) >= 11 is 0. The third-order valence-electron chi connectivity index (χ3n) is 6.28. The predicted octanol–water partition coefficient (Wildman–Crippen LogP) is 3.77. The number of anilines is 2. The summed E-state index contributed by atoms with van der Waals surface area (Å²) in [6.07, 6.45) is 8.57. The Balaban J connectivity index is 1.44. The zero-order valence-corrected chi connectivity index (χ0v) is 20.0. The Kier molecular flexibility index (Phi) is 6.61. The third kappa shape index (κ3) is 5.11. The van der Waals surface area contributed by atoms with Gasteiger partial charge in [-0.05, 0) is 43.5 Å². The fraction of sp³-hybridized carbons (Fsp3) is 0.346. The number of piperazine rings is 1. The molecule has 1 aromatic heterocycles. The molecule has 0 radical (unpaired) electrons. The van der Waals surface area contributed by atoms with E-state index < -0.39 is 5.82 Å². The number of benzene rings is 1. The molecule has 182 valence electrons. The zero-order chi connectivity index (χ0) is 24.4. The van der Waals surface area contributed by atoms with Crippen molar-refractivity contribution in [1.29, 1.82) is 0 Å². The second-order valence-electron chi connectivity index (χ2n) is 8.91. The van der Waals surface area contributed by atoms with Gasteiger partial charge in [-0.3, -0.25) is 9.89 Å². The quantitative estimate of drug-likeness (QED) is 0.657. The van der Waals surface area contributed by atoms with E-state index in [0.29, 0.717) is 55.8 Å². The van der Waals surface area contributed by atoms with Crippen molar-refractivity contribution < 1.29 is 14.2 Å². The van der Waals surface area contributed by atoms with Crippen LogP contribution < -0.4 is 15.0 Å². The molecule has 1 aromatic carbocycles. The van der Waals surface area contributed by atoms with Crippen LogP contribution in [0.4, 0.5) is 16.0 Å². The first-order valence-electron chi connectivity index (χ1n) is 11.8. The van der Waals surface area contributed by atoms with E-state index in [4.69, 9.17) is 4.74 Å². The maximum Gasteiger partial charge on any atom is 0.326 e. The summed E-state index contributed by atoms with van der Waals surface area (Å²) in [5, 5.41) is 12.7.